The molecule has 0 aliphatic rings. The highest BCUT2D eigenvalue weighted by Crippen LogP contribution is 2.20. The predicted molar refractivity (Wildman–Crippen MR) is 111 cm³/mol. The number of nitrogens with one attached hydrogen (secondary N) is 2. The van der Waals surface area contributed by atoms with Gasteiger partial charge in [0.15, 0.2) is 0 Å². The molecule has 150 valence electrons. The molecule has 3 rings (SSSR count). The van der Waals surface area contributed by atoms with Crippen molar-refractivity contribution in [3.05, 3.63) is 54.1 Å². The molecule has 1 aromatic heterocycles. The lowest BCUT2D eigenvalue weighted by atomic mass is 10.0. The molecule has 0 aliphatic carbocycles. The Balaban J connectivity index is 1.66. The molecule has 2 amide bonds. The van der Waals surface area contributed by atoms with Crippen LogP contribution in [0.25, 0.3) is 11.4 Å². The number of benzene rings is 2. The second kappa shape index (κ2) is 8.64. The fourth-order valence-electron chi connectivity index (χ4n) is 2.71. The lowest BCUT2D eigenvalue weighted by Gasteiger charge is -2.11. The fraction of sp³-hybridized carbons (Fsp3) is 0.286. The number of carbonyl (C=O) groups is 2. The number of aromatic nitrogens is 4. The van der Waals surface area contributed by atoms with E-state index in [2.05, 4.69) is 39.9 Å². The molecule has 0 saturated carbocycles. The van der Waals surface area contributed by atoms with Gasteiger partial charge in [0.25, 0.3) is 5.91 Å². The summed E-state index contributed by atoms with van der Waals surface area (Å²) in [7, 11) is 0. The Hall–Kier alpha value is -3.55. The van der Waals surface area contributed by atoms with Crippen LogP contribution in [0.4, 0.5) is 11.4 Å². The fourth-order valence-corrected chi connectivity index (χ4v) is 2.71. The van der Waals surface area contributed by atoms with Crippen LogP contribution in [-0.2, 0) is 9.59 Å². The van der Waals surface area contributed by atoms with Crippen molar-refractivity contribution in [2.45, 2.75) is 39.7 Å². The Bertz CT molecular complexity index is 993. The summed E-state index contributed by atoms with van der Waals surface area (Å²) in [5.74, 6) is 0.502. The molecule has 29 heavy (non-hydrogen) atoms. The molecule has 2 N–H and O–H groups in total. The van der Waals surface area contributed by atoms with Gasteiger partial charge in [0, 0.05) is 23.9 Å². The second-order valence-corrected chi connectivity index (χ2v) is 7.13. The van der Waals surface area contributed by atoms with E-state index in [9.17, 15) is 9.59 Å². The minimum Gasteiger partial charge on any atom is -0.326 e. The summed E-state index contributed by atoms with van der Waals surface area (Å²) in [4.78, 5) is 24.9. The standard InChI is InChI=1S/C21H24N6O2/c1-13(2)16-5-7-17(8-6-16)20-24-26-27(25-20)14(3)21(29)23-19-11-9-18(10-12-19)22-15(4)28/h5-14H,1-4H3,(H,22,28)(H,23,29)/t14-/m0/s1. The summed E-state index contributed by atoms with van der Waals surface area (Å²) in [5, 5.41) is 17.9. The second-order valence-electron chi connectivity index (χ2n) is 7.13. The summed E-state index contributed by atoms with van der Waals surface area (Å²) in [6, 6.07) is 14.2. The summed E-state index contributed by atoms with van der Waals surface area (Å²) in [6.45, 7) is 7.41. The number of rotatable bonds is 6. The predicted octanol–water partition coefficient (Wildman–Crippen LogP) is 3.62. The normalized spacial score (nSPS) is 11.9. The molecule has 0 fully saturated rings. The number of tetrazole rings is 1. The van der Waals surface area contributed by atoms with E-state index in [4.69, 9.17) is 0 Å². The van der Waals surface area contributed by atoms with Crippen molar-refractivity contribution in [2.75, 3.05) is 10.6 Å². The average molecular weight is 392 g/mol. The number of nitrogens with zero attached hydrogens (tertiary/aromatic N) is 4. The summed E-state index contributed by atoms with van der Waals surface area (Å²) >= 11 is 0. The Morgan fingerprint density at radius 1 is 0.897 bits per heavy atom. The van der Waals surface area contributed by atoms with Gasteiger partial charge in [0.05, 0.1) is 0 Å². The smallest absolute Gasteiger partial charge is 0.250 e. The third-order valence-corrected chi connectivity index (χ3v) is 4.46. The topological polar surface area (TPSA) is 102 Å². The van der Waals surface area contributed by atoms with Crippen molar-refractivity contribution >= 4 is 23.2 Å². The van der Waals surface area contributed by atoms with Crippen LogP contribution < -0.4 is 10.6 Å². The first-order valence-corrected chi connectivity index (χ1v) is 9.42. The lowest BCUT2D eigenvalue weighted by Crippen LogP contribution is -2.25. The Kier molecular flexibility index (Phi) is 6.01. The van der Waals surface area contributed by atoms with Crippen LogP contribution in [-0.4, -0.2) is 32.0 Å². The van der Waals surface area contributed by atoms with Crippen LogP contribution >= 0.6 is 0 Å². The first-order valence-electron chi connectivity index (χ1n) is 9.42. The highest BCUT2D eigenvalue weighted by atomic mass is 16.2. The van der Waals surface area contributed by atoms with Crippen LogP contribution in [0.3, 0.4) is 0 Å². The average Bonchev–Trinajstić information content (AvgIpc) is 3.18. The number of anilines is 2. The maximum Gasteiger partial charge on any atom is 0.250 e. The van der Waals surface area contributed by atoms with E-state index in [0.717, 1.165) is 5.56 Å². The number of amides is 2. The maximum absolute atomic E-state index is 12.5. The van der Waals surface area contributed by atoms with Crippen LogP contribution in [0, 0.1) is 0 Å². The first-order chi connectivity index (χ1) is 13.8. The van der Waals surface area contributed by atoms with E-state index in [1.54, 1.807) is 31.2 Å². The van der Waals surface area contributed by atoms with E-state index in [1.165, 1.54) is 17.3 Å². The monoisotopic (exact) mass is 392 g/mol. The molecule has 0 radical (unpaired) electrons. The van der Waals surface area contributed by atoms with Gasteiger partial charge in [-0.3, -0.25) is 9.59 Å². The zero-order valence-electron chi connectivity index (χ0n) is 16.9. The van der Waals surface area contributed by atoms with Gasteiger partial charge in [0.2, 0.25) is 11.7 Å². The van der Waals surface area contributed by atoms with Gasteiger partial charge >= 0.3 is 0 Å². The van der Waals surface area contributed by atoms with Crippen LogP contribution in [0.1, 0.15) is 45.2 Å². The van der Waals surface area contributed by atoms with Gasteiger partial charge in [-0.25, -0.2) is 0 Å². The van der Waals surface area contributed by atoms with Crippen molar-refractivity contribution in [3.63, 3.8) is 0 Å². The Labute approximate surface area is 169 Å². The number of carbonyl (C=O) groups excluding carboxylic acids is 2. The highest BCUT2D eigenvalue weighted by Gasteiger charge is 2.19. The lowest BCUT2D eigenvalue weighted by molar-refractivity contribution is -0.119. The molecule has 0 unspecified atom stereocenters. The van der Waals surface area contributed by atoms with Gasteiger partial charge in [-0.2, -0.15) is 4.80 Å². The first kappa shape index (κ1) is 20.2. The molecule has 0 saturated heterocycles. The van der Waals surface area contributed by atoms with Crippen molar-refractivity contribution in [3.8, 4) is 11.4 Å². The molecular formula is C21H24N6O2. The molecule has 8 nitrogen and oxygen atoms in total. The Morgan fingerprint density at radius 3 is 2.03 bits per heavy atom. The third-order valence-electron chi connectivity index (χ3n) is 4.46. The van der Waals surface area contributed by atoms with E-state index in [1.807, 2.05) is 24.3 Å². The van der Waals surface area contributed by atoms with Crippen molar-refractivity contribution in [1.29, 1.82) is 0 Å². The largest absolute Gasteiger partial charge is 0.326 e. The number of hydrogen-bond donors (Lipinski definition) is 2. The zero-order valence-corrected chi connectivity index (χ0v) is 16.9. The van der Waals surface area contributed by atoms with Gasteiger partial charge in [-0.1, -0.05) is 38.1 Å². The minimum atomic E-state index is -0.638. The zero-order chi connectivity index (χ0) is 21.0. The highest BCUT2D eigenvalue weighted by molar-refractivity contribution is 5.94. The van der Waals surface area contributed by atoms with Crippen molar-refractivity contribution in [2.24, 2.45) is 0 Å². The van der Waals surface area contributed by atoms with E-state index in [0.29, 0.717) is 23.1 Å². The van der Waals surface area contributed by atoms with E-state index in [-0.39, 0.29) is 11.8 Å². The van der Waals surface area contributed by atoms with Crippen molar-refractivity contribution in [1.82, 2.24) is 20.2 Å². The van der Waals surface area contributed by atoms with Crippen LogP contribution in [0.2, 0.25) is 0 Å². The van der Waals surface area contributed by atoms with Gasteiger partial charge in [-0.05, 0) is 47.9 Å². The molecule has 1 atom stereocenters. The van der Waals surface area contributed by atoms with E-state index >= 15 is 0 Å². The van der Waals surface area contributed by atoms with Gasteiger partial charge < -0.3 is 10.6 Å². The SMILES string of the molecule is CC(=O)Nc1ccc(NC(=O)[C@H](C)n2nnc(-c3ccc(C(C)C)cc3)n2)cc1. The molecule has 3 aromatic rings. The molecule has 0 aliphatic heterocycles. The van der Waals surface area contributed by atoms with E-state index < -0.39 is 6.04 Å². The molecule has 2 aromatic carbocycles. The molecule has 0 spiro atoms. The van der Waals surface area contributed by atoms with Crippen molar-refractivity contribution < 1.29 is 9.59 Å². The summed E-state index contributed by atoms with van der Waals surface area (Å²) < 4.78 is 0. The summed E-state index contributed by atoms with van der Waals surface area (Å²) in [5.41, 5.74) is 3.36. The number of hydrogen-bond acceptors (Lipinski definition) is 5. The Morgan fingerprint density at radius 2 is 1.48 bits per heavy atom. The minimum absolute atomic E-state index is 0.151. The van der Waals surface area contributed by atoms with Gasteiger partial charge in [-0.15, -0.1) is 10.2 Å². The molecular weight excluding hydrogens is 368 g/mol. The molecule has 1 heterocycles. The maximum atomic E-state index is 12.5. The van der Waals surface area contributed by atoms with Crippen LogP contribution in [0.15, 0.2) is 48.5 Å². The van der Waals surface area contributed by atoms with Gasteiger partial charge in [0.1, 0.15) is 6.04 Å². The quantitative estimate of drug-likeness (QED) is 0.667. The van der Waals surface area contributed by atoms with Crippen LogP contribution in [0.5, 0.6) is 0 Å². The third kappa shape index (κ3) is 5.04. The summed E-state index contributed by atoms with van der Waals surface area (Å²) in [6.07, 6.45) is 0. The molecule has 0 bridgehead atoms. The molecule has 8 heteroatoms.